The molecule has 0 aliphatic heterocycles. The van der Waals surface area contributed by atoms with E-state index in [9.17, 15) is 9.59 Å². The van der Waals surface area contributed by atoms with Crippen LogP contribution in [-0.4, -0.2) is 40.3 Å². The van der Waals surface area contributed by atoms with Gasteiger partial charge in [-0.1, -0.05) is 0 Å². The molecule has 0 fully saturated rings. The fourth-order valence-electron chi connectivity index (χ4n) is 0.674. The number of nitrogens with one attached hydrogen (secondary N) is 1. The fraction of sp³-hybridized carbons (Fsp3) is 0.750. The lowest BCUT2D eigenvalue weighted by atomic mass is 10.1. The highest BCUT2D eigenvalue weighted by atomic mass is 16.4. The van der Waals surface area contributed by atoms with Gasteiger partial charge in [0.1, 0.15) is 0 Å². The molecule has 0 bridgehead atoms. The highest BCUT2D eigenvalue weighted by molar-refractivity contribution is 5.85. The smallest absolute Gasteiger partial charge is 0.332 e. The molecule has 1 amide bonds. The number of carbonyl (C=O) groups is 2. The van der Waals surface area contributed by atoms with Gasteiger partial charge in [0.2, 0.25) is 5.91 Å². The Kier molecular flexibility index (Phi) is 4.52. The van der Waals surface area contributed by atoms with Gasteiger partial charge >= 0.3 is 5.97 Å². The molecule has 0 aliphatic rings. The Labute approximate surface area is 82.1 Å². The summed E-state index contributed by atoms with van der Waals surface area (Å²) >= 11 is 0. The minimum Gasteiger partial charge on any atom is -0.479 e. The Morgan fingerprint density at radius 3 is 2.36 bits per heavy atom. The Bertz CT molecular complexity index is 222. The zero-order valence-electron chi connectivity index (χ0n) is 8.28. The lowest BCUT2D eigenvalue weighted by molar-refractivity contribution is -0.147. The second-order valence-electron chi connectivity index (χ2n) is 3.62. The number of hydrogen-bond donors (Lipinski definition) is 4. The number of rotatable bonds is 5. The Hall–Kier alpha value is -1.14. The number of carboxylic acids is 1. The largest absolute Gasteiger partial charge is 0.479 e. The first-order chi connectivity index (χ1) is 6.25. The van der Waals surface area contributed by atoms with E-state index < -0.39 is 17.6 Å². The summed E-state index contributed by atoms with van der Waals surface area (Å²) in [5.41, 5.74) is 4.47. The van der Waals surface area contributed by atoms with Crippen LogP contribution in [0.5, 0.6) is 0 Å². The maximum Gasteiger partial charge on any atom is 0.332 e. The summed E-state index contributed by atoms with van der Waals surface area (Å²) in [5, 5.41) is 19.6. The molecule has 0 rings (SSSR count). The van der Waals surface area contributed by atoms with Crippen LogP contribution in [0.25, 0.3) is 0 Å². The predicted molar refractivity (Wildman–Crippen MR) is 49.5 cm³/mol. The molecule has 0 radical (unpaired) electrons. The van der Waals surface area contributed by atoms with Crippen LogP contribution in [0.4, 0.5) is 0 Å². The number of carbonyl (C=O) groups excluding carboxylic acids is 1. The second-order valence-corrected chi connectivity index (χ2v) is 3.62. The standard InChI is InChI=1S/C8H16N2O4/c1-8(2,9)7(14)10-4-3-5(11)6(12)13/h5,11H,3-4,9H2,1-2H3,(H,10,14)(H,12,13)/t5-/m0/s1. The van der Waals surface area contributed by atoms with Gasteiger partial charge in [0, 0.05) is 13.0 Å². The van der Waals surface area contributed by atoms with E-state index in [0.717, 1.165) is 0 Å². The monoisotopic (exact) mass is 204 g/mol. The summed E-state index contributed by atoms with van der Waals surface area (Å²) in [6, 6.07) is 0. The van der Waals surface area contributed by atoms with Crippen LogP contribution in [-0.2, 0) is 9.59 Å². The molecule has 1 atom stereocenters. The van der Waals surface area contributed by atoms with Gasteiger partial charge in [-0.25, -0.2) is 4.79 Å². The summed E-state index contributed by atoms with van der Waals surface area (Å²) in [7, 11) is 0. The van der Waals surface area contributed by atoms with Crippen LogP contribution in [0.15, 0.2) is 0 Å². The first kappa shape index (κ1) is 12.9. The van der Waals surface area contributed by atoms with Crippen LogP contribution in [0.1, 0.15) is 20.3 Å². The van der Waals surface area contributed by atoms with Gasteiger partial charge in [0.05, 0.1) is 5.54 Å². The summed E-state index contributed by atoms with van der Waals surface area (Å²) in [4.78, 5) is 21.3. The van der Waals surface area contributed by atoms with Crippen molar-refractivity contribution in [2.45, 2.75) is 31.9 Å². The fourth-order valence-corrected chi connectivity index (χ4v) is 0.674. The number of carboxylic acid groups (broad SMARTS) is 1. The average Bonchev–Trinajstić information content (AvgIpc) is 2.01. The van der Waals surface area contributed by atoms with Crippen molar-refractivity contribution in [3.05, 3.63) is 0 Å². The van der Waals surface area contributed by atoms with E-state index in [4.69, 9.17) is 15.9 Å². The number of nitrogens with two attached hydrogens (primary N) is 1. The lowest BCUT2D eigenvalue weighted by Crippen LogP contribution is -2.49. The SMILES string of the molecule is CC(C)(N)C(=O)NCC[C@H](O)C(=O)O. The van der Waals surface area contributed by atoms with Gasteiger partial charge in [-0.05, 0) is 13.8 Å². The lowest BCUT2D eigenvalue weighted by Gasteiger charge is -2.17. The van der Waals surface area contributed by atoms with E-state index >= 15 is 0 Å². The van der Waals surface area contributed by atoms with Crippen molar-refractivity contribution >= 4 is 11.9 Å². The third-order valence-electron chi connectivity index (χ3n) is 1.57. The van der Waals surface area contributed by atoms with Crippen LogP contribution < -0.4 is 11.1 Å². The third kappa shape index (κ3) is 4.78. The summed E-state index contributed by atoms with van der Waals surface area (Å²) < 4.78 is 0. The van der Waals surface area contributed by atoms with Crippen molar-refractivity contribution in [2.24, 2.45) is 5.73 Å². The maximum absolute atomic E-state index is 11.2. The normalized spacial score (nSPS) is 13.4. The van der Waals surface area contributed by atoms with Crippen LogP contribution in [0.2, 0.25) is 0 Å². The molecule has 0 aliphatic carbocycles. The van der Waals surface area contributed by atoms with Gasteiger partial charge in [-0.2, -0.15) is 0 Å². The summed E-state index contributed by atoms with van der Waals surface area (Å²) in [6.45, 7) is 3.17. The van der Waals surface area contributed by atoms with Crippen molar-refractivity contribution in [1.29, 1.82) is 0 Å². The van der Waals surface area contributed by atoms with Crippen LogP contribution in [0.3, 0.4) is 0 Å². The molecule has 0 saturated carbocycles. The van der Waals surface area contributed by atoms with E-state index in [1.807, 2.05) is 0 Å². The molecular formula is C8H16N2O4. The minimum absolute atomic E-state index is 0.0306. The molecule has 0 spiro atoms. The molecule has 0 aromatic heterocycles. The first-order valence-electron chi connectivity index (χ1n) is 4.23. The number of amides is 1. The quantitative estimate of drug-likeness (QED) is 0.443. The van der Waals surface area contributed by atoms with E-state index in [1.54, 1.807) is 0 Å². The molecule has 0 saturated heterocycles. The van der Waals surface area contributed by atoms with Crippen LogP contribution in [0, 0.1) is 0 Å². The number of aliphatic carboxylic acids is 1. The summed E-state index contributed by atoms with van der Waals surface area (Å²) in [6.07, 6.45) is -1.48. The van der Waals surface area contributed by atoms with E-state index in [0.29, 0.717) is 0 Å². The van der Waals surface area contributed by atoms with Gasteiger partial charge in [0.15, 0.2) is 6.10 Å². The molecule has 0 aromatic rings. The molecule has 82 valence electrons. The van der Waals surface area contributed by atoms with Crippen molar-refractivity contribution in [3.63, 3.8) is 0 Å². The number of aliphatic hydroxyl groups is 1. The third-order valence-corrected chi connectivity index (χ3v) is 1.57. The molecule has 0 unspecified atom stereocenters. The highest BCUT2D eigenvalue weighted by Gasteiger charge is 2.21. The topological polar surface area (TPSA) is 113 Å². The maximum atomic E-state index is 11.2. The molecule has 6 nitrogen and oxygen atoms in total. The Balaban J connectivity index is 3.76. The average molecular weight is 204 g/mol. The zero-order valence-corrected chi connectivity index (χ0v) is 8.28. The molecule has 5 N–H and O–H groups in total. The Morgan fingerprint density at radius 2 is 2.00 bits per heavy atom. The predicted octanol–water partition coefficient (Wildman–Crippen LogP) is -1.32. The first-order valence-corrected chi connectivity index (χ1v) is 4.23. The van der Waals surface area contributed by atoms with Gasteiger partial charge in [-0.15, -0.1) is 0 Å². The summed E-state index contributed by atoms with van der Waals surface area (Å²) in [5.74, 6) is -1.68. The van der Waals surface area contributed by atoms with Crippen molar-refractivity contribution in [3.8, 4) is 0 Å². The van der Waals surface area contributed by atoms with Crippen molar-refractivity contribution in [1.82, 2.24) is 5.32 Å². The molecule has 0 aromatic carbocycles. The van der Waals surface area contributed by atoms with Gasteiger partial charge in [0.25, 0.3) is 0 Å². The van der Waals surface area contributed by atoms with E-state index in [-0.39, 0.29) is 18.9 Å². The van der Waals surface area contributed by atoms with E-state index in [1.165, 1.54) is 13.8 Å². The molecule has 0 heterocycles. The zero-order chi connectivity index (χ0) is 11.4. The number of aliphatic hydroxyl groups excluding tert-OH is 1. The minimum atomic E-state index is -1.45. The van der Waals surface area contributed by atoms with Gasteiger partial charge < -0.3 is 21.3 Å². The molecular weight excluding hydrogens is 188 g/mol. The Morgan fingerprint density at radius 1 is 1.50 bits per heavy atom. The highest BCUT2D eigenvalue weighted by Crippen LogP contribution is 1.96. The number of hydrogen-bond acceptors (Lipinski definition) is 4. The van der Waals surface area contributed by atoms with Crippen LogP contribution >= 0.6 is 0 Å². The second kappa shape index (κ2) is 4.92. The molecule has 6 heteroatoms. The van der Waals surface area contributed by atoms with E-state index in [2.05, 4.69) is 5.32 Å². The molecule has 14 heavy (non-hydrogen) atoms. The van der Waals surface area contributed by atoms with Crippen molar-refractivity contribution < 1.29 is 19.8 Å². The van der Waals surface area contributed by atoms with Crippen molar-refractivity contribution in [2.75, 3.05) is 6.54 Å². The van der Waals surface area contributed by atoms with Gasteiger partial charge in [-0.3, -0.25) is 4.79 Å².